The summed E-state index contributed by atoms with van der Waals surface area (Å²) in [4.78, 5) is 16.0. The number of carbonyl (C=O) groups is 1. The number of furan rings is 1. The normalized spacial score (nSPS) is 10.9. The summed E-state index contributed by atoms with van der Waals surface area (Å²) in [5.41, 5.74) is 0.926. The van der Waals surface area contributed by atoms with Gasteiger partial charge in [-0.3, -0.25) is 4.79 Å². The highest BCUT2D eigenvalue weighted by Gasteiger charge is 2.18. The molecular formula is C15H17N5O2S2. The van der Waals surface area contributed by atoms with Gasteiger partial charge in [0.2, 0.25) is 5.91 Å². The van der Waals surface area contributed by atoms with Gasteiger partial charge in [-0.2, -0.15) is 0 Å². The predicted molar refractivity (Wildman–Crippen MR) is 94.2 cm³/mol. The smallest absolute Gasteiger partial charge is 0.236 e. The zero-order valence-electron chi connectivity index (χ0n) is 13.4. The van der Waals surface area contributed by atoms with Crippen LogP contribution in [0, 0.1) is 6.92 Å². The van der Waals surface area contributed by atoms with E-state index in [4.69, 9.17) is 4.42 Å². The van der Waals surface area contributed by atoms with Crippen molar-refractivity contribution < 1.29 is 9.21 Å². The van der Waals surface area contributed by atoms with Crippen molar-refractivity contribution in [3.05, 3.63) is 29.7 Å². The minimum atomic E-state index is -0.109. The number of carbonyl (C=O) groups excluding carboxylic acids is 1. The zero-order chi connectivity index (χ0) is 16.9. The Hall–Kier alpha value is -2.13. The van der Waals surface area contributed by atoms with Gasteiger partial charge in [-0.15, -0.1) is 21.5 Å². The Balaban J connectivity index is 1.72. The number of thioether (sulfide) groups is 1. The molecule has 0 aliphatic heterocycles. The number of nitrogens with zero attached hydrogens (tertiary/aromatic N) is 4. The Kier molecular flexibility index (Phi) is 5.31. The predicted octanol–water partition coefficient (Wildman–Crippen LogP) is 3.44. The van der Waals surface area contributed by atoms with E-state index in [1.807, 2.05) is 22.9 Å². The Morgan fingerprint density at radius 2 is 2.33 bits per heavy atom. The molecule has 0 radical (unpaired) electrons. The second kappa shape index (κ2) is 7.63. The fourth-order valence-corrected chi connectivity index (χ4v) is 3.52. The summed E-state index contributed by atoms with van der Waals surface area (Å²) in [6.45, 7) is 4.77. The van der Waals surface area contributed by atoms with Gasteiger partial charge in [0.15, 0.2) is 16.1 Å². The first-order chi connectivity index (χ1) is 11.7. The zero-order valence-corrected chi connectivity index (χ0v) is 15.0. The topological polar surface area (TPSA) is 85.8 Å². The van der Waals surface area contributed by atoms with Crippen molar-refractivity contribution in [3.63, 3.8) is 0 Å². The molecule has 3 heterocycles. The highest BCUT2D eigenvalue weighted by atomic mass is 32.2. The Labute approximate surface area is 147 Å². The lowest BCUT2D eigenvalue weighted by molar-refractivity contribution is -0.113. The molecule has 0 saturated carbocycles. The summed E-state index contributed by atoms with van der Waals surface area (Å²) in [6, 6.07) is 1.88. The van der Waals surface area contributed by atoms with Crippen LogP contribution in [0.1, 0.15) is 19.1 Å². The molecule has 0 unspecified atom stereocenters. The number of hydrogen-bond acceptors (Lipinski definition) is 7. The summed E-state index contributed by atoms with van der Waals surface area (Å²) in [6.07, 6.45) is 4.25. The van der Waals surface area contributed by atoms with Crippen LogP contribution in [0.25, 0.3) is 11.4 Å². The number of anilines is 1. The van der Waals surface area contributed by atoms with E-state index in [1.165, 1.54) is 23.1 Å². The minimum absolute atomic E-state index is 0.109. The van der Waals surface area contributed by atoms with Gasteiger partial charge in [0.25, 0.3) is 0 Å². The van der Waals surface area contributed by atoms with Gasteiger partial charge in [0.1, 0.15) is 5.76 Å². The van der Waals surface area contributed by atoms with Crippen LogP contribution in [0.4, 0.5) is 5.13 Å². The Morgan fingerprint density at radius 1 is 1.46 bits per heavy atom. The molecule has 0 saturated heterocycles. The molecule has 0 aliphatic carbocycles. The van der Waals surface area contributed by atoms with Crippen molar-refractivity contribution in [3.8, 4) is 11.4 Å². The third-order valence-corrected chi connectivity index (χ3v) is 4.93. The third kappa shape index (κ3) is 3.68. The van der Waals surface area contributed by atoms with E-state index in [0.717, 1.165) is 35.3 Å². The molecule has 126 valence electrons. The fraction of sp³-hybridized carbons (Fsp3) is 0.333. The second-order valence-electron chi connectivity index (χ2n) is 5.02. The quantitative estimate of drug-likeness (QED) is 0.647. The molecular weight excluding hydrogens is 346 g/mol. The van der Waals surface area contributed by atoms with Gasteiger partial charge in [-0.1, -0.05) is 18.7 Å². The molecule has 1 N–H and O–H groups in total. The molecule has 24 heavy (non-hydrogen) atoms. The molecule has 9 heteroatoms. The maximum Gasteiger partial charge on any atom is 0.236 e. The Morgan fingerprint density at radius 3 is 3.00 bits per heavy atom. The lowest BCUT2D eigenvalue weighted by atomic mass is 10.2. The second-order valence-corrected chi connectivity index (χ2v) is 6.86. The number of rotatable bonds is 7. The van der Waals surface area contributed by atoms with Crippen LogP contribution < -0.4 is 5.32 Å². The monoisotopic (exact) mass is 363 g/mol. The third-order valence-electron chi connectivity index (χ3n) is 3.27. The molecule has 0 spiro atoms. The maximum absolute atomic E-state index is 12.0. The van der Waals surface area contributed by atoms with Crippen molar-refractivity contribution in [2.45, 2.75) is 32.0 Å². The van der Waals surface area contributed by atoms with Crippen molar-refractivity contribution in [2.75, 3.05) is 11.1 Å². The Bertz CT molecular complexity index is 810. The van der Waals surface area contributed by atoms with Crippen molar-refractivity contribution in [1.29, 1.82) is 0 Å². The molecule has 0 bridgehead atoms. The molecule has 0 aromatic carbocycles. The number of hydrogen-bond donors (Lipinski definition) is 1. The van der Waals surface area contributed by atoms with Gasteiger partial charge < -0.3 is 14.3 Å². The highest BCUT2D eigenvalue weighted by molar-refractivity contribution is 7.99. The van der Waals surface area contributed by atoms with E-state index < -0.39 is 0 Å². The van der Waals surface area contributed by atoms with Gasteiger partial charge in [0, 0.05) is 18.1 Å². The number of aromatic nitrogens is 4. The van der Waals surface area contributed by atoms with Gasteiger partial charge >= 0.3 is 0 Å². The van der Waals surface area contributed by atoms with Crippen LogP contribution in [-0.4, -0.2) is 31.4 Å². The van der Waals surface area contributed by atoms with E-state index in [9.17, 15) is 4.79 Å². The van der Waals surface area contributed by atoms with Gasteiger partial charge in [-0.05, 0) is 19.4 Å². The average Bonchev–Trinajstić information content (AvgIpc) is 3.28. The summed E-state index contributed by atoms with van der Waals surface area (Å²) in [5.74, 6) is 1.72. The molecule has 3 aromatic rings. The van der Waals surface area contributed by atoms with E-state index in [2.05, 4.69) is 27.4 Å². The van der Waals surface area contributed by atoms with Crippen LogP contribution in [0.5, 0.6) is 0 Å². The minimum Gasteiger partial charge on any atom is -0.469 e. The number of aryl methyl sites for hydroxylation is 1. The molecule has 3 rings (SSSR count). The van der Waals surface area contributed by atoms with Crippen LogP contribution >= 0.6 is 23.1 Å². The summed E-state index contributed by atoms with van der Waals surface area (Å²) in [5, 5.41) is 14.4. The molecule has 0 fully saturated rings. The summed E-state index contributed by atoms with van der Waals surface area (Å²) >= 11 is 2.76. The van der Waals surface area contributed by atoms with Crippen LogP contribution in [-0.2, 0) is 11.3 Å². The lowest BCUT2D eigenvalue weighted by Crippen LogP contribution is -2.14. The molecule has 0 aliphatic rings. The number of nitrogens with one attached hydrogen (secondary N) is 1. The van der Waals surface area contributed by atoms with Crippen LogP contribution in [0.3, 0.4) is 0 Å². The number of amides is 1. The van der Waals surface area contributed by atoms with Crippen molar-refractivity contribution >= 4 is 34.1 Å². The standard InChI is InChI=1S/C15H17N5O2S2/c1-3-6-20-13(11-4-7-22-10(11)2)18-19-15(20)24-9-12(21)17-14-16-5-8-23-14/h4-5,7-8H,3,6,9H2,1-2H3,(H,16,17,21). The first kappa shape index (κ1) is 16.7. The molecule has 7 nitrogen and oxygen atoms in total. The maximum atomic E-state index is 12.0. The van der Waals surface area contributed by atoms with Gasteiger partial charge in [0.05, 0.1) is 17.6 Å². The fourth-order valence-electron chi connectivity index (χ4n) is 2.21. The lowest BCUT2D eigenvalue weighted by Gasteiger charge is -2.08. The summed E-state index contributed by atoms with van der Waals surface area (Å²) in [7, 11) is 0. The molecule has 0 atom stereocenters. The average molecular weight is 363 g/mol. The SMILES string of the molecule is CCCn1c(SCC(=O)Nc2nccs2)nnc1-c1ccoc1C. The van der Waals surface area contributed by atoms with E-state index >= 15 is 0 Å². The summed E-state index contributed by atoms with van der Waals surface area (Å²) < 4.78 is 7.39. The highest BCUT2D eigenvalue weighted by Crippen LogP contribution is 2.27. The number of thiazole rings is 1. The first-order valence-electron chi connectivity index (χ1n) is 7.49. The van der Waals surface area contributed by atoms with Crippen molar-refractivity contribution in [1.82, 2.24) is 19.7 Å². The van der Waals surface area contributed by atoms with Crippen molar-refractivity contribution in [2.24, 2.45) is 0 Å². The van der Waals surface area contributed by atoms with E-state index in [1.54, 1.807) is 12.5 Å². The molecule has 3 aromatic heterocycles. The largest absolute Gasteiger partial charge is 0.469 e. The first-order valence-corrected chi connectivity index (χ1v) is 9.35. The van der Waals surface area contributed by atoms with Crippen LogP contribution in [0.15, 0.2) is 33.5 Å². The van der Waals surface area contributed by atoms with Crippen LogP contribution in [0.2, 0.25) is 0 Å². The molecule has 1 amide bonds. The van der Waals surface area contributed by atoms with Gasteiger partial charge in [-0.25, -0.2) is 4.98 Å². The van der Waals surface area contributed by atoms with E-state index in [0.29, 0.717) is 5.13 Å². The van der Waals surface area contributed by atoms with E-state index in [-0.39, 0.29) is 11.7 Å².